The van der Waals surface area contributed by atoms with Crippen LogP contribution in [-0.4, -0.2) is 90.6 Å². The summed E-state index contributed by atoms with van der Waals surface area (Å²) in [5.41, 5.74) is 7.62. The molecule has 0 fully saturated rings. The van der Waals surface area contributed by atoms with Crippen LogP contribution in [0.3, 0.4) is 0 Å². The number of aromatic nitrogens is 8. The number of nitrogens with one attached hydrogen (secondary N) is 2. The monoisotopic (exact) mass is 538 g/mol. The van der Waals surface area contributed by atoms with Gasteiger partial charge in [-0.1, -0.05) is 12.1 Å². The van der Waals surface area contributed by atoms with Gasteiger partial charge >= 0.3 is 0 Å². The molecule has 2 N–H and O–H groups in total. The highest BCUT2D eigenvalue weighted by atomic mass is 15.3. The second-order valence-corrected chi connectivity index (χ2v) is 10.7. The molecule has 6 aromatic rings. The summed E-state index contributed by atoms with van der Waals surface area (Å²) in [6.45, 7) is 3.63. The summed E-state index contributed by atoms with van der Waals surface area (Å²) in [5.74, 6) is 0. The molecule has 0 amide bonds. The second-order valence-electron chi connectivity index (χ2n) is 10.7. The molecule has 2 aromatic carbocycles. The zero-order valence-corrected chi connectivity index (χ0v) is 23.7. The van der Waals surface area contributed by atoms with Gasteiger partial charge in [0.2, 0.25) is 0 Å². The fourth-order valence-electron chi connectivity index (χ4n) is 4.75. The van der Waals surface area contributed by atoms with Crippen LogP contribution in [0.15, 0.2) is 74.1 Å². The highest BCUT2D eigenvalue weighted by Crippen LogP contribution is 2.22. The Labute approximate surface area is 234 Å². The molecule has 0 atom stereocenters. The number of H-pyrrole nitrogens is 2. The highest BCUT2D eigenvalue weighted by Gasteiger charge is 2.07. The van der Waals surface area contributed by atoms with Crippen LogP contribution in [0.25, 0.3) is 21.8 Å². The van der Waals surface area contributed by atoms with E-state index in [-0.39, 0.29) is 0 Å². The van der Waals surface area contributed by atoms with Gasteiger partial charge in [0, 0.05) is 47.3 Å². The smallest absolute Gasteiger partial charge is 0.137 e. The Kier molecular flexibility index (Phi) is 8.68. The van der Waals surface area contributed by atoms with Gasteiger partial charge in [0.15, 0.2) is 0 Å². The number of fused-ring (bicyclic) bond motifs is 2. The van der Waals surface area contributed by atoms with Crippen LogP contribution < -0.4 is 0 Å². The molecule has 40 heavy (non-hydrogen) atoms. The van der Waals surface area contributed by atoms with Crippen LogP contribution in [0.1, 0.15) is 22.3 Å². The number of hydrogen-bond donors (Lipinski definition) is 2. The average molecular weight is 539 g/mol. The van der Waals surface area contributed by atoms with E-state index in [2.05, 4.69) is 117 Å². The van der Waals surface area contributed by atoms with Crippen molar-refractivity contribution in [3.63, 3.8) is 0 Å². The van der Waals surface area contributed by atoms with E-state index in [1.54, 1.807) is 25.3 Å². The first-order valence-electron chi connectivity index (χ1n) is 13.6. The molecule has 4 aromatic heterocycles. The highest BCUT2D eigenvalue weighted by molar-refractivity contribution is 5.84. The third kappa shape index (κ3) is 7.02. The normalized spacial score (nSPS) is 11.6. The number of nitrogens with zero attached hydrogens (tertiary/aromatic N) is 8. The molecule has 10 heteroatoms. The molecule has 0 radical (unpaired) electrons. The van der Waals surface area contributed by atoms with E-state index in [0.29, 0.717) is 0 Å². The Hall–Kier alpha value is -4.28. The number of rotatable bonds is 10. The molecule has 0 unspecified atom stereocenters. The van der Waals surface area contributed by atoms with Gasteiger partial charge in [0.05, 0.1) is 13.1 Å². The summed E-state index contributed by atoms with van der Waals surface area (Å²) in [7, 11) is 8.41. The summed E-state index contributed by atoms with van der Waals surface area (Å²) in [5, 5.41) is 10.9. The fourth-order valence-corrected chi connectivity index (χ4v) is 4.75. The SMILES string of the molecule is CN(C)CCc1c[nH]c2ccc(Cn3cncn3)cc12.CN(C)CCc1c[nH]c2ccc(Cn3cncn3)cc12. The minimum Gasteiger partial charge on any atom is -0.361 e. The molecule has 10 nitrogen and oxygen atoms in total. The van der Waals surface area contributed by atoms with Crippen LogP contribution in [0.5, 0.6) is 0 Å². The van der Waals surface area contributed by atoms with Crippen molar-refractivity contribution in [2.75, 3.05) is 41.3 Å². The number of likely N-dealkylation sites (N-methyl/N-ethyl adjacent to an activating group) is 2. The number of benzene rings is 2. The predicted molar refractivity (Wildman–Crippen MR) is 159 cm³/mol. The molecule has 0 saturated carbocycles. The first-order chi connectivity index (χ1) is 19.4. The van der Waals surface area contributed by atoms with Crippen LogP contribution in [-0.2, 0) is 25.9 Å². The molecule has 0 aliphatic heterocycles. The molecule has 4 heterocycles. The first kappa shape index (κ1) is 27.3. The van der Waals surface area contributed by atoms with Crippen LogP contribution in [0.2, 0.25) is 0 Å². The van der Waals surface area contributed by atoms with Crippen molar-refractivity contribution >= 4 is 21.8 Å². The van der Waals surface area contributed by atoms with Crippen LogP contribution >= 0.6 is 0 Å². The molecule has 6 rings (SSSR count). The van der Waals surface area contributed by atoms with E-state index in [1.807, 2.05) is 9.36 Å². The van der Waals surface area contributed by atoms with Crippen molar-refractivity contribution in [1.82, 2.24) is 49.3 Å². The molecular formula is C30H38N10. The van der Waals surface area contributed by atoms with E-state index in [4.69, 9.17) is 0 Å². The lowest BCUT2D eigenvalue weighted by Crippen LogP contribution is -2.14. The third-order valence-electron chi connectivity index (χ3n) is 6.94. The van der Waals surface area contributed by atoms with Crippen LogP contribution in [0.4, 0.5) is 0 Å². The number of hydrogen-bond acceptors (Lipinski definition) is 6. The Morgan fingerprint density at radius 1 is 0.650 bits per heavy atom. The quantitative estimate of drug-likeness (QED) is 0.275. The standard InChI is InChI=1S/2C15H19N5/c2*1-19(2)6-5-13-8-17-15-4-3-12(7-14(13)15)9-20-11-16-10-18-20/h2*3-4,7-8,10-11,17H,5-6,9H2,1-2H3. The van der Waals surface area contributed by atoms with Gasteiger partial charge in [0.1, 0.15) is 25.3 Å². The molecular weight excluding hydrogens is 500 g/mol. The van der Waals surface area contributed by atoms with Gasteiger partial charge in [-0.25, -0.2) is 19.3 Å². The Morgan fingerprint density at radius 3 is 1.48 bits per heavy atom. The summed E-state index contributed by atoms with van der Waals surface area (Å²) in [6, 6.07) is 13.0. The maximum atomic E-state index is 4.15. The summed E-state index contributed by atoms with van der Waals surface area (Å²) < 4.78 is 3.68. The van der Waals surface area contributed by atoms with Crippen molar-refractivity contribution in [3.8, 4) is 0 Å². The first-order valence-corrected chi connectivity index (χ1v) is 13.6. The molecule has 0 aliphatic rings. The maximum absolute atomic E-state index is 4.15. The van der Waals surface area contributed by atoms with Gasteiger partial charge in [-0.05, 0) is 87.6 Å². The average Bonchev–Trinajstić information content (AvgIpc) is 3.75. The lowest BCUT2D eigenvalue weighted by atomic mass is 10.1. The van der Waals surface area contributed by atoms with Gasteiger partial charge in [-0.15, -0.1) is 0 Å². The fraction of sp³-hybridized carbons (Fsp3) is 0.333. The number of aromatic amines is 2. The summed E-state index contributed by atoms with van der Waals surface area (Å²) in [4.78, 5) is 19.1. The molecule has 0 aliphatic carbocycles. The second kappa shape index (κ2) is 12.7. The van der Waals surface area contributed by atoms with E-state index >= 15 is 0 Å². The van der Waals surface area contributed by atoms with Gasteiger partial charge < -0.3 is 19.8 Å². The zero-order valence-electron chi connectivity index (χ0n) is 23.7. The minimum atomic E-state index is 0.758. The van der Waals surface area contributed by atoms with Gasteiger partial charge in [0.25, 0.3) is 0 Å². The van der Waals surface area contributed by atoms with Crippen molar-refractivity contribution in [2.45, 2.75) is 25.9 Å². The van der Waals surface area contributed by atoms with Crippen molar-refractivity contribution in [2.24, 2.45) is 0 Å². The molecule has 0 bridgehead atoms. The Bertz CT molecular complexity index is 1490. The van der Waals surface area contributed by atoms with Crippen LogP contribution in [0, 0.1) is 0 Å². The van der Waals surface area contributed by atoms with Crippen molar-refractivity contribution < 1.29 is 0 Å². The third-order valence-corrected chi connectivity index (χ3v) is 6.94. The molecule has 0 spiro atoms. The zero-order chi connectivity index (χ0) is 27.9. The topological polar surface area (TPSA) is 99.5 Å². The van der Waals surface area contributed by atoms with E-state index in [9.17, 15) is 0 Å². The lowest BCUT2D eigenvalue weighted by molar-refractivity contribution is 0.414. The summed E-state index contributed by atoms with van der Waals surface area (Å²) >= 11 is 0. The van der Waals surface area contributed by atoms with Gasteiger partial charge in [-0.2, -0.15) is 10.2 Å². The van der Waals surface area contributed by atoms with E-state index in [1.165, 1.54) is 44.1 Å². The molecule has 208 valence electrons. The predicted octanol–water partition coefficient (Wildman–Crippen LogP) is 3.82. The largest absolute Gasteiger partial charge is 0.361 e. The molecule has 0 saturated heterocycles. The van der Waals surface area contributed by atoms with Gasteiger partial charge in [-0.3, -0.25) is 0 Å². The Morgan fingerprint density at radius 2 is 1.10 bits per heavy atom. The van der Waals surface area contributed by atoms with E-state index in [0.717, 1.165) is 39.0 Å². The maximum Gasteiger partial charge on any atom is 0.137 e. The van der Waals surface area contributed by atoms with Crippen molar-refractivity contribution in [3.05, 3.63) is 96.4 Å². The van der Waals surface area contributed by atoms with Crippen molar-refractivity contribution in [1.29, 1.82) is 0 Å². The summed E-state index contributed by atoms with van der Waals surface area (Å²) in [6.07, 6.45) is 13.0. The Balaban J connectivity index is 0.000000161. The lowest BCUT2D eigenvalue weighted by Gasteiger charge is -2.08. The minimum absolute atomic E-state index is 0.758. The van der Waals surface area contributed by atoms with E-state index < -0.39 is 0 Å².